The second-order valence-corrected chi connectivity index (χ2v) is 5.11. The number of methoxy groups -OCH3 is 1. The molecule has 0 unspecified atom stereocenters. The summed E-state index contributed by atoms with van der Waals surface area (Å²) in [5.74, 6) is 0.226. The summed E-state index contributed by atoms with van der Waals surface area (Å²) in [7, 11) is 1.46. The van der Waals surface area contributed by atoms with Crippen LogP contribution in [0.15, 0.2) is 6.20 Å². The Kier molecular flexibility index (Phi) is 4.72. The number of carbonyl (C=O) groups is 1. The van der Waals surface area contributed by atoms with Crippen molar-refractivity contribution >= 4 is 23.3 Å². The van der Waals surface area contributed by atoms with Gasteiger partial charge >= 0.3 is 6.01 Å². The first-order chi connectivity index (χ1) is 8.31. The molecule has 0 aliphatic heterocycles. The number of amides is 1. The molecule has 0 atom stereocenters. The summed E-state index contributed by atoms with van der Waals surface area (Å²) in [5.41, 5.74) is -0.272. The predicted octanol–water partition coefficient (Wildman–Crippen LogP) is 1.47. The van der Waals surface area contributed by atoms with Crippen LogP contribution >= 0.6 is 11.6 Å². The van der Waals surface area contributed by atoms with E-state index in [4.69, 9.17) is 16.3 Å². The first kappa shape index (κ1) is 14.5. The Balaban J connectivity index is 2.60. The zero-order chi connectivity index (χ0) is 13.8. The maximum absolute atomic E-state index is 11.6. The lowest BCUT2D eigenvalue weighted by molar-refractivity contribution is -0.120. The van der Waals surface area contributed by atoms with Gasteiger partial charge in [-0.15, -0.1) is 0 Å². The van der Waals surface area contributed by atoms with Crippen molar-refractivity contribution in [2.75, 3.05) is 19.0 Å². The first-order valence-electron chi connectivity index (χ1n) is 5.43. The molecule has 1 aromatic rings. The summed E-state index contributed by atoms with van der Waals surface area (Å²) in [5, 5.41) is 5.99. The zero-order valence-corrected chi connectivity index (χ0v) is 11.6. The SMILES string of the molecule is COc1ncc(Cl)c(NCC(=O)NC(C)(C)C)n1. The molecule has 6 nitrogen and oxygen atoms in total. The van der Waals surface area contributed by atoms with Gasteiger partial charge in [-0.3, -0.25) is 4.79 Å². The third-order valence-electron chi connectivity index (χ3n) is 1.84. The Morgan fingerprint density at radius 3 is 2.72 bits per heavy atom. The highest BCUT2D eigenvalue weighted by atomic mass is 35.5. The van der Waals surface area contributed by atoms with Crippen LogP contribution in [0, 0.1) is 0 Å². The number of rotatable bonds is 4. The van der Waals surface area contributed by atoms with Crippen molar-refractivity contribution < 1.29 is 9.53 Å². The minimum Gasteiger partial charge on any atom is -0.467 e. The normalized spacial score (nSPS) is 10.9. The molecule has 0 fully saturated rings. The molecule has 1 rings (SSSR count). The highest BCUT2D eigenvalue weighted by molar-refractivity contribution is 6.32. The number of ether oxygens (including phenoxy) is 1. The average molecular weight is 273 g/mol. The van der Waals surface area contributed by atoms with Crippen molar-refractivity contribution in [1.29, 1.82) is 0 Å². The van der Waals surface area contributed by atoms with Crippen molar-refractivity contribution in [2.45, 2.75) is 26.3 Å². The van der Waals surface area contributed by atoms with E-state index in [1.165, 1.54) is 13.3 Å². The molecule has 0 saturated carbocycles. The molecule has 2 N–H and O–H groups in total. The summed E-state index contributed by atoms with van der Waals surface area (Å²) in [6.07, 6.45) is 1.41. The zero-order valence-electron chi connectivity index (χ0n) is 10.9. The molecule has 0 aromatic carbocycles. The van der Waals surface area contributed by atoms with Crippen LogP contribution in [-0.4, -0.2) is 35.1 Å². The Bertz CT molecular complexity index is 432. The molecule has 1 amide bonds. The molecule has 1 heterocycles. The van der Waals surface area contributed by atoms with E-state index in [2.05, 4.69) is 20.6 Å². The van der Waals surface area contributed by atoms with E-state index >= 15 is 0 Å². The highest BCUT2D eigenvalue weighted by Crippen LogP contribution is 2.19. The van der Waals surface area contributed by atoms with Gasteiger partial charge < -0.3 is 15.4 Å². The van der Waals surface area contributed by atoms with Gasteiger partial charge in [-0.2, -0.15) is 4.98 Å². The molecule has 1 aromatic heterocycles. The van der Waals surface area contributed by atoms with Crippen LogP contribution in [0.3, 0.4) is 0 Å². The quantitative estimate of drug-likeness (QED) is 0.868. The van der Waals surface area contributed by atoms with Crippen molar-refractivity contribution in [1.82, 2.24) is 15.3 Å². The van der Waals surface area contributed by atoms with Crippen molar-refractivity contribution in [3.63, 3.8) is 0 Å². The number of halogens is 1. The molecule has 7 heteroatoms. The number of aromatic nitrogens is 2. The minimum atomic E-state index is -0.272. The third kappa shape index (κ3) is 4.75. The largest absolute Gasteiger partial charge is 0.467 e. The molecular weight excluding hydrogens is 256 g/mol. The second-order valence-electron chi connectivity index (χ2n) is 4.70. The van der Waals surface area contributed by atoms with Gasteiger partial charge in [-0.05, 0) is 20.8 Å². The number of hydrogen-bond acceptors (Lipinski definition) is 5. The number of carbonyl (C=O) groups excluding carboxylic acids is 1. The standard InChI is InChI=1S/C11H17ClN4O2/c1-11(2,3)16-8(17)6-13-9-7(12)5-14-10(15-9)18-4/h5H,6H2,1-4H3,(H,16,17)(H,13,14,15). The topological polar surface area (TPSA) is 76.1 Å². The van der Waals surface area contributed by atoms with E-state index in [1.54, 1.807) is 0 Å². The summed E-state index contributed by atoms with van der Waals surface area (Å²) >= 11 is 5.89. The molecular formula is C11H17ClN4O2. The van der Waals surface area contributed by atoms with Gasteiger partial charge in [0.15, 0.2) is 5.82 Å². The van der Waals surface area contributed by atoms with Gasteiger partial charge in [0, 0.05) is 5.54 Å². The first-order valence-corrected chi connectivity index (χ1v) is 5.81. The van der Waals surface area contributed by atoms with Gasteiger partial charge in [-0.25, -0.2) is 4.98 Å². The Labute approximate surface area is 111 Å². The molecule has 0 bridgehead atoms. The van der Waals surface area contributed by atoms with E-state index in [1.807, 2.05) is 20.8 Å². The summed E-state index contributed by atoms with van der Waals surface area (Å²) < 4.78 is 4.88. The van der Waals surface area contributed by atoms with Gasteiger partial charge in [0.1, 0.15) is 5.02 Å². The van der Waals surface area contributed by atoms with E-state index < -0.39 is 0 Å². The van der Waals surface area contributed by atoms with E-state index in [0.29, 0.717) is 10.8 Å². The number of nitrogens with zero attached hydrogens (tertiary/aromatic N) is 2. The fraction of sp³-hybridized carbons (Fsp3) is 0.545. The summed E-state index contributed by atoms with van der Waals surface area (Å²) in [6, 6.07) is 0.193. The fourth-order valence-corrected chi connectivity index (χ4v) is 1.36. The molecule has 0 spiro atoms. The van der Waals surface area contributed by atoms with Crippen LogP contribution in [0.5, 0.6) is 6.01 Å². The predicted molar refractivity (Wildman–Crippen MR) is 70.0 cm³/mol. The molecule has 0 radical (unpaired) electrons. The Morgan fingerprint density at radius 2 is 2.17 bits per heavy atom. The van der Waals surface area contributed by atoms with Crippen molar-refractivity contribution in [3.8, 4) is 6.01 Å². The van der Waals surface area contributed by atoms with E-state index in [0.717, 1.165) is 0 Å². The van der Waals surface area contributed by atoms with E-state index in [-0.39, 0.29) is 24.0 Å². The second kappa shape index (κ2) is 5.86. The summed E-state index contributed by atoms with van der Waals surface area (Å²) in [6.45, 7) is 5.81. The lowest BCUT2D eigenvalue weighted by Gasteiger charge is -2.20. The summed E-state index contributed by atoms with van der Waals surface area (Å²) in [4.78, 5) is 19.4. The van der Waals surface area contributed by atoms with Gasteiger partial charge in [0.2, 0.25) is 5.91 Å². The number of nitrogens with one attached hydrogen (secondary N) is 2. The van der Waals surface area contributed by atoms with Gasteiger partial charge in [0.25, 0.3) is 0 Å². The van der Waals surface area contributed by atoms with Crippen molar-refractivity contribution in [3.05, 3.63) is 11.2 Å². The van der Waals surface area contributed by atoms with Crippen LogP contribution in [0.2, 0.25) is 5.02 Å². The van der Waals surface area contributed by atoms with Gasteiger partial charge in [-0.1, -0.05) is 11.6 Å². The van der Waals surface area contributed by atoms with E-state index in [9.17, 15) is 4.79 Å². The lowest BCUT2D eigenvalue weighted by Crippen LogP contribution is -2.43. The van der Waals surface area contributed by atoms with Crippen LogP contribution in [-0.2, 0) is 4.79 Å². The molecule has 100 valence electrons. The number of hydrogen-bond donors (Lipinski definition) is 2. The lowest BCUT2D eigenvalue weighted by atomic mass is 10.1. The molecule has 0 aliphatic rings. The maximum Gasteiger partial charge on any atom is 0.318 e. The Morgan fingerprint density at radius 1 is 1.50 bits per heavy atom. The average Bonchev–Trinajstić information content (AvgIpc) is 2.25. The minimum absolute atomic E-state index is 0.0805. The number of anilines is 1. The third-order valence-corrected chi connectivity index (χ3v) is 2.11. The smallest absolute Gasteiger partial charge is 0.318 e. The Hall–Kier alpha value is -1.56. The van der Waals surface area contributed by atoms with Crippen LogP contribution in [0.1, 0.15) is 20.8 Å². The van der Waals surface area contributed by atoms with Crippen LogP contribution in [0.4, 0.5) is 5.82 Å². The fourth-order valence-electron chi connectivity index (χ4n) is 1.20. The molecule has 18 heavy (non-hydrogen) atoms. The monoisotopic (exact) mass is 272 g/mol. The van der Waals surface area contributed by atoms with Crippen molar-refractivity contribution in [2.24, 2.45) is 0 Å². The maximum atomic E-state index is 11.6. The van der Waals surface area contributed by atoms with Crippen LogP contribution < -0.4 is 15.4 Å². The van der Waals surface area contributed by atoms with Crippen LogP contribution in [0.25, 0.3) is 0 Å². The molecule has 0 saturated heterocycles. The highest BCUT2D eigenvalue weighted by Gasteiger charge is 2.14. The van der Waals surface area contributed by atoms with Gasteiger partial charge in [0.05, 0.1) is 19.9 Å². The molecule has 0 aliphatic carbocycles.